The summed E-state index contributed by atoms with van der Waals surface area (Å²) >= 11 is 12.4. The Kier molecular flexibility index (Phi) is 4.97. The lowest BCUT2D eigenvalue weighted by Gasteiger charge is -2.19. The minimum absolute atomic E-state index is 0.101. The minimum atomic E-state index is -3.56. The quantitative estimate of drug-likeness (QED) is 0.868. The van der Waals surface area contributed by atoms with Crippen LogP contribution < -0.4 is 5.32 Å². The van der Waals surface area contributed by atoms with E-state index in [1.807, 2.05) is 6.92 Å². The summed E-state index contributed by atoms with van der Waals surface area (Å²) < 4.78 is 26.5. The first kappa shape index (κ1) is 16.0. The van der Waals surface area contributed by atoms with Crippen LogP contribution in [0.1, 0.15) is 25.3 Å². The number of nitrogens with one attached hydrogen (secondary N) is 1. The molecule has 0 amide bonds. The van der Waals surface area contributed by atoms with Crippen LogP contribution in [0.2, 0.25) is 10.0 Å². The molecule has 0 atom stereocenters. The first-order valence-corrected chi connectivity index (χ1v) is 8.74. The van der Waals surface area contributed by atoms with E-state index >= 15 is 0 Å². The number of hydrogen-bond donors (Lipinski definition) is 1. The number of benzene rings is 1. The number of sulfonamides is 1. The Bertz CT molecular complexity index is 601. The number of hydrogen-bond acceptors (Lipinski definition) is 3. The van der Waals surface area contributed by atoms with Gasteiger partial charge in [0.05, 0.1) is 5.02 Å². The summed E-state index contributed by atoms with van der Waals surface area (Å²) in [5, 5.41) is 3.80. The molecule has 1 aromatic carbocycles. The lowest BCUT2D eigenvalue weighted by Crippen LogP contribution is -2.29. The highest BCUT2D eigenvalue weighted by molar-refractivity contribution is 7.89. The number of halogens is 2. The van der Waals surface area contributed by atoms with Gasteiger partial charge in [0.25, 0.3) is 0 Å². The van der Waals surface area contributed by atoms with Gasteiger partial charge in [0.2, 0.25) is 10.0 Å². The first-order chi connectivity index (χ1) is 9.39. The van der Waals surface area contributed by atoms with Gasteiger partial charge in [-0.3, -0.25) is 0 Å². The highest BCUT2D eigenvalue weighted by atomic mass is 35.5. The molecule has 7 heteroatoms. The fourth-order valence-electron chi connectivity index (χ4n) is 1.98. The largest absolute Gasteiger partial charge is 0.313 e. The Balaban J connectivity index is 2.41. The van der Waals surface area contributed by atoms with Crippen molar-refractivity contribution in [3.8, 4) is 0 Å². The lowest BCUT2D eigenvalue weighted by molar-refractivity contribution is 0.464. The maximum atomic E-state index is 12.5. The van der Waals surface area contributed by atoms with Crippen molar-refractivity contribution in [3.63, 3.8) is 0 Å². The fourth-order valence-corrected chi connectivity index (χ4v) is 4.28. The standard InChI is InChI=1S/C13H18Cl2N2O2S/c1-3-16-8-10-11(14)6-7-12(13(10)15)20(18,19)17(2)9-4-5-9/h6-7,9,16H,3-5,8H2,1-2H3. The zero-order valence-corrected chi connectivity index (χ0v) is 13.8. The molecule has 0 aromatic heterocycles. The summed E-state index contributed by atoms with van der Waals surface area (Å²) in [7, 11) is -1.96. The SMILES string of the molecule is CCNCc1c(Cl)ccc(S(=O)(=O)N(C)C2CC2)c1Cl. The molecular weight excluding hydrogens is 319 g/mol. The lowest BCUT2D eigenvalue weighted by atomic mass is 10.2. The minimum Gasteiger partial charge on any atom is -0.313 e. The Hall–Kier alpha value is -0.330. The van der Waals surface area contributed by atoms with E-state index in [1.165, 1.54) is 10.4 Å². The summed E-state index contributed by atoms with van der Waals surface area (Å²) in [6.45, 7) is 3.17. The molecule has 0 spiro atoms. The smallest absolute Gasteiger partial charge is 0.244 e. The maximum absolute atomic E-state index is 12.5. The van der Waals surface area contributed by atoms with Crippen LogP contribution in [0.4, 0.5) is 0 Å². The van der Waals surface area contributed by atoms with Gasteiger partial charge in [0.1, 0.15) is 4.90 Å². The van der Waals surface area contributed by atoms with Gasteiger partial charge in [-0.15, -0.1) is 0 Å². The average molecular weight is 337 g/mol. The molecule has 4 nitrogen and oxygen atoms in total. The van der Waals surface area contributed by atoms with E-state index in [0.717, 1.165) is 19.4 Å². The second-order valence-corrected chi connectivity index (χ2v) is 7.62. The van der Waals surface area contributed by atoms with E-state index in [9.17, 15) is 8.42 Å². The molecule has 1 aliphatic carbocycles. The van der Waals surface area contributed by atoms with Crippen molar-refractivity contribution in [3.05, 3.63) is 27.7 Å². The predicted molar refractivity (Wildman–Crippen MR) is 81.8 cm³/mol. The van der Waals surface area contributed by atoms with Crippen LogP contribution in [0.15, 0.2) is 17.0 Å². The van der Waals surface area contributed by atoms with Crippen molar-refractivity contribution < 1.29 is 8.42 Å². The molecule has 1 aromatic rings. The van der Waals surface area contributed by atoms with E-state index in [4.69, 9.17) is 23.2 Å². The maximum Gasteiger partial charge on any atom is 0.244 e. The third kappa shape index (κ3) is 3.12. The summed E-state index contributed by atoms with van der Waals surface area (Å²) in [6.07, 6.45) is 1.82. The van der Waals surface area contributed by atoms with Gasteiger partial charge in [-0.05, 0) is 31.5 Å². The van der Waals surface area contributed by atoms with Gasteiger partial charge in [0.15, 0.2) is 0 Å². The second kappa shape index (κ2) is 6.20. The molecule has 0 radical (unpaired) electrons. The Morgan fingerprint density at radius 3 is 2.55 bits per heavy atom. The third-order valence-electron chi connectivity index (χ3n) is 3.42. The molecule has 112 valence electrons. The average Bonchev–Trinajstić information content (AvgIpc) is 3.21. The molecule has 0 saturated heterocycles. The van der Waals surface area contributed by atoms with Crippen LogP contribution >= 0.6 is 23.2 Å². The van der Waals surface area contributed by atoms with Crippen LogP contribution in [0, 0.1) is 0 Å². The van der Waals surface area contributed by atoms with Crippen LogP contribution in [-0.2, 0) is 16.6 Å². The van der Waals surface area contributed by atoms with Crippen molar-refractivity contribution >= 4 is 33.2 Å². The molecule has 1 fully saturated rings. The van der Waals surface area contributed by atoms with Gasteiger partial charge in [-0.1, -0.05) is 30.1 Å². The highest BCUT2D eigenvalue weighted by Crippen LogP contribution is 2.36. The zero-order valence-electron chi connectivity index (χ0n) is 11.5. The molecule has 2 rings (SSSR count). The van der Waals surface area contributed by atoms with E-state index in [0.29, 0.717) is 17.1 Å². The summed E-state index contributed by atoms with van der Waals surface area (Å²) in [4.78, 5) is 0.130. The third-order valence-corrected chi connectivity index (χ3v) is 6.27. The van der Waals surface area contributed by atoms with Crippen molar-refractivity contribution in [2.45, 2.75) is 37.2 Å². The molecule has 0 bridgehead atoms. The molecule has 0 unspecified atom stereocenters. The van der Waals surface area contributed by atoms with Gasteiger partial charge < -0.3 is 5.32 Å². The van der Waals surface area contributed by atoms with Crippen LogP contribution in [-0.4, -0.2) is 32.4 Å². The van der Waals surface area contributed by atoms with Gasteiger partial charge in [0, 0.05) is 30.2 Å². The zero-order chi connectivity index (χ0) is 14.9. The van der Waals surface area contributed by atoms with E-state index in [1.54, 1.807) is 13.1 Å². The van der Waals surface area contributed by atoms with E-state index in [-0.39, 0.29) is 16.0 Å². The van der Waals surface area contributed by atoms with Gasteiger partial charge in [-0.2, -0.15) is 4.31 Å². The normalized spacial score (nSPS) is 15.8. The van der Waals surface area contributed by atoms with Crippen molar-refractivity contribution in [1.29, 1.82) is 0 Å². The summed E-state index contributed by atoms with van der Waals surface area (Å²) in [5.74, 6) is 0. The summed E-state index contributed by atoms with van der Waals surface area (Å²) in [6, 6.07) is 3.17. The highest BCUT2D eigenvalue weighted by Gasteiger charge is 2.36. The second-order valence-electron chi connectivity index (χ2n) is 4.87. The predicted octanol–water partition coefficient (Wildman–Crippen LogP) is 2.89. The fraction of sp³-hybridized carbons (Fsp3) is 0.538. The monoisotopic (exact) mass is 336 g/mol. The van der Waals surface area contributed by atoms with E-state index in [2.05, 4.69) is 5.32 Å². The van der Waals surface area contributed by atoms with Crippen LogP contribution in [0.3, 0.4) is 0 Å². The van der Waals surface area contributed by atoms with Crippen LogP contribution in [0.25, 0.3) is 0 Å². The Labute approximate surface area is 130 Å². The molecular formula is C13H18Cl2N2O2S. The summed E-state index contributed by atoms with van der Waals surface area (Å²) in [5.41, 5.74) is 0.625. The first-order valence-electron chi connectivity index (χ1n) is 6.55. The molecule has 1 aliphatic rings. The number of rotatable bonds is 6. The molecule has 20 heavy (non-hydrogen) atoms. The van der Waals surface area contributed by atoms with E-state index < -0.39 is 10.0 Å². The van der Waals surface area contributed by atoms with Gasteiger partial charge in [-0.25, -0.2) is 8.42 Å². The van der Waals surface area contributed by atoms with Gasteiger partial charge >= 0.3 is 0 Å². The topological polar surface area (TPSA) is 49.4 Å². The van der Waals surface area contributed by atoms with Crippen molar-refractivity contribution in [2.24, 2.45) is 0 Å². The number of nitrogens with zero attached hydrogens (tertiary/aromatic N) is 1. The molecule has 1 saturated carbocycles. The van der Waals surface area contributed by atoms with Crippen LogP contribution in [0.5, 0.6) is 0 Å². The Morgan fingerprint density at radius 1 is 1.35 bits per heavy atom. The molecule has 1 N–H and O–H groups in total. The van der Waals surface area contributed by atoms with Crippen molar-refractivity contribution in [1.82, 2.24) is 9.62 Å². The molecule has 0 aliphatic heterocycles. The van der Waals surface area contributed by atoms with Crippen molar-refractivity contribution in [2.75, 3.05) is 13.6 Å². The molecule has 0 heterocycles. The Morgan fingerprint density at radius 2 is 2.00 bits per heavy atom.